The van der Waals surface area contributed by atoms with Gasteiger partial charge in [-0.05, 0) is 12.5 Å². The quantitative estimate of drug-likeness (QED) is 0.830. The third-order valence-corrected chi connectivity index (χ3v) is 2.36. The first kappa shape index (κ1) is 9.95. The van der Waals surface area contributed by atoms with Crippen molar-refractivity contribution >= 4 is 5.97 Å². The van der Waals surface area contributed by atoms with Crippen LogP contribution in [0.25, 0.3) is 0 Å². The van der Waals surface area contributed by atoms with Gasteiger partial charge in [0, 0.05) is 12.1 Å². The molecule has 0 saturated heterocycles. The van der Waals surface area contributed by atoms with E-state index in [1.807, 2.05) is 0 Å². The van der Waals surface area contributed by atoms with Gasteiger partial charge in [-0.3, -0.25) is 4.79 Å². The van der Waals surface area contributed by atoms with Crippen LogP contribution in [0, 0.1) is 5.92 Å². The molecule has 0 aliphatic heterocycles. The largest absolute Gasteiger partial charge is 0.481 e. The number of hydrogen-bond acceptors (Lipinski definition) is 3. The molecule has 1 aromatic rings. The number of carboxylic acids is 1. The Labute approximate surface area is 84.0 Å². The number of aliphatic carboxylic acids is 1. The van der Waals surface area contributed by atoms with E-state index in [2.05, 4.69) is 9.97 Å². The number of rotatable bonds is 3. The second-order valence-electron chi connectivity index (χ2n) is 3.43. The molecule has 2 atom stereocenters. The summed E-state index contributed by atoms with van der Waals surface area (Å²) in [7, 11) is 0. The van der Waals surface area contributed by atoms with Crippen LogP contribution in [0.3, 0.4) is 0 Å². The number of carbonyl (C=O) groups is 1. The standard InChI is InChI=1S/C9H8F2N2O2/c10-7(11)6-1-2-12-8(13-6)4-3-5(4)9(14)15/h1-2,4-5,7H,3H2,(H,14,15)/t4-,5-/m0/s1. The Hall–Kier alpha value is -1.59. The minimum Gasteiger partial charge on any atom is -0.481 e. The van der Waals surface area contributed by atoms with E-state index < -0.39 is 18.3 Å². The molecule has 0 spiro atoms. The molecular weight excluding hydrogens is 206 g/mol. The molecule has 1 saturated carbocycles. The maximum atomic E-state index is 12.3. The average molecular weight is 214 g/mol. The molecule has 1 aliphatic carbocycles. The Bertz CT molecular complexity index is 397. The number of alkyl halides is 2. The van der Waals surface area contributed by atoms with Crippen LogP contribution in [0.15, 0.2) is 12.3 Å². The molecular formula is C9H8F2N2O2. The summed E-state index contributed by atoms with van der Waals surface area (Å²) < 4.78 is 24.6. The van der Waals surface area contributed by atoms with E-state index in [4.69, 9.17) is 5.11 Å². The van der Waals surface area contributed by atoms with Crippen molar-refractivity contribution < 1.29 is 18.7 Å². The van der Waals surface area contributed by atoms with Crippen molar-refractivity contribution in [1.82, 2.24) is 9.97 Å². The Balaban J connectivity index is 2.17. The van der Waals surface area contributed by atoms with Gasteiger partial charge in [0.1, 0.15) is 11.5 Å². The first-order valence-corrected chi connectivity index (χ1v) is 4.43. The molecule has 0 bridgehead atoms. The molecule has 4 nitrogen and oxygen atoms in total. The summed E-state index contributed by atoms with van der Waals surface area (Å²) in [5.41, 5.74) is -0.351. The van der Waals surface area contributed by atoms with E-state index in [9.17, 15) is 13.6 Å². The van der Waals surface area contributed by atoms with E-state index in [0.29, 0.717) is 6.42 Å². The lowest BCUT2D eigenvalue weighted by atomic mass is 10.3. The minimum atomic E-state index is -2.64. The summed E-state index contributed by atoms with van der Waals surface area (Å²) in [6.45, 7) is 0. The third kappa shape index (κ3) is 1.93. The van der Waals surface area contributed by atoms with Crippen LogP contribution < -0.4 is 0 Å². The predicted molar refractivity (Wildman–Crippen MR) is 45.5 cm³/mol. The van der Waals surface area contributed by atoms with Gasteiger partial charge in [0.25, 0.3) is 6.43 Å². The molecule has 0 aromatic carbocycles. The van der Waals surface area contributed by atoms with E-state index in [-0.39, 0.29) is 17.4 Å². The molecule has 1 aliphatic rings. The van der Waals surface area contributed by atoms with Crippen LogP contribution in [0.2, 0.25) is 0 Å². The highest BCUT2D eigenvalue weighted by Gasteiger charge is 2.46. The number of carboxylic acid groups (broad SMARTS) is 1. The zero-order chi connectivity index (χ0) is 11.0. The highest BCUT2D eigenvalue weighted by molar-refractivity contribution is 5.74. The molecule has 0 radical (unpaired) electrons. The van der Waals surface area contributed by atoms with E-state index in [0.717, 1.165) is 6.07 Å². The predicted octanol–water partition coefficient (Wildman–Crippen LogP) is 1.60. The Kier molecular flexibility index (Phi) is 2.34. The van der Waals surface area contributed by atoms with Crippen LogP contribution in [-0.2, 0) is 4.79 Å². The van der Waals surface area contributed by atoms with Crippen molar-refractivity contribution in [2.75, 3.05) is 0 Å². The zero-order valence-electron chi connectivity index (χ0n) is 7.60. The van der Waals surface area contributed by atoms with Gasteiger partial charge in [0.05, 0.1) is 5.92 Å². The smallest absolute Gasteiger partial charge is 0.307 e. The summed E-state index contributed by atoms with van der Waals surface area (Å²) in [6, 6.07) is 1.13. The van der Waals surface area contributed by atoms with Gasteiger partial charge >= 0.3 is 5.97 Å². The van der Waals surface area contributed by atoms with E-state index in [1.165, 1.54) is 6.20 Å². The molecule has 80 valence electrons. The number of halogens is 2. The van der Waals surface area contributed by atoms with E-state index in [1.54, 1.807) is 0 Å². The summed E-state index contributed by atoms with van der Waals surface area (Å²) >= 11 is 0. The lowest BCUT2D eigenvalue weighted by molar-refractivity contribution is -0.138. The fourth-order valence-corrected chi connectivity index (χ4v) is 1.44. The minimum absolute atomic E-state index is 0.209. The Morgan fingerprint density at radius 1 is 1.60 bits per heavy atom. The number of hydrogen-bond donors (Lipinski definition) is 1. The summed E-state index contributed by atoms with van der Waals surface area (Å²) in [6.07, 6.45) is -0.975. The summed E-state index contributed by atoms with van der Waals surface area (Å²) in [4.78, 5) is 18.0. The van der Waals surface area contributed by atoms with Gasteiger partial charge in [-0.15, -0.1) is 0 Å². The molecule has 1 N–H and O–H groups in total. The summed E-state index contributed by atoms with van der Waals surface area (Å²) in [5.74, 6) is -1.54. The second-order valence-corrected chi connectivity index (χ2v) is 3.43. The molecule has 1 aromatic heterocycles. The Morgan fingerprint density at radius 3 is 2.87 bits per heavy atom. The SMILES string of the molecule is O=C(O)[C@H]1C[C@@H]1c1nccc(C(F)F)n1. The molecule has 0 amide bonds. The van der Waals surface area contributed by atoms with Gasteiger partial charge in [0.15, 0.2) is 0 Å². The molecule has 15 heavy (non-hydrogen) atoms. The molecule has 0 unspecified atom stereocenters. The second kappa shape index (κ2) is 3.52. The van der Waals surface area contributed by atoms with Crippen molar-refractivity contribution in [3.63, 3.8) is 0 Å². The fraction of sp³-hybridized carbons (Fsp3) is 0.444. The van der Waals surface area contributed by atoms with E-state index >= 15 is 0 Å². The van der Waals surface area contributed by atoms with Crippen LogP contribution in [-0.4, -0.2) is 21.0 Å². The molecule has 1 fully saturated rings. The number of nitrogens with zero attached hydrogens (tertiary/aromatic N) is 2. The first-order chi connectivity index (χ1) is 7.09. The number of aromatic nitrogens is 2. The van der Waals surface area contributed by atoms with Gasteiger partial charge in [0.2, 0.25) is 0 Å². The molecule has 2 rings (SSSR count). The molecule has 6 heteroatoms. The molecule has 1 heterocycles. The zero-order valence-corrected chi connectivity index (χ0v) is 7.60. The van der Waals surface area contributed by atoms with Crippen LogP contribution in [0.1, 0.15) is 30.3 Å². The monoisotopic (exact) mass is 214 g/mol. The topological polar surface area (TPSA) is 63.1 Å². The van der Waals surface area contributed by atoms with Gasteiger partial charge in [-0.1, -0.05) is 0 Å². The maximum absolute atomic E-state index is 12.3. The fourth-order valence-electron chi connectivity index (χ4n) is 1.44. The third-order valence-electron chi connectivity index (χ3n) is 2.36. The highest BCUT2D eigenvalue weighted by atomic mass is 19.3. The van der Waals surface area contributed by atoms with Crippen LogP contribution in [0.5, 0.6) is 0 Å². The van der Waals surface area contributed by atoms with Crippen molar-refractivity contribution in [1.29, 1.82) is 0 Å². The van der Waals surface area contributed by atoms with Gasteiger partial charge < -0.3 is 5.11 Å². The van der Waals surface area contributed by atoms with Crippen LogP contribution >= 0.6 is 0 Å². The highest BCUT2D eigenvalue weighted by Crippen LogP contribution is 2.46. The van der Waals surface area contributed by atoms with Crippen molar-refractivity contribution in [3.8, 4) is 0 Å². The first-order valence-electron chi connectivity index (χ1n) is 4.43. The van der Waals surface area contributed by atoms with Crippen molar-refractivity contribution in [3.05, 3.63) is 23.8 Å². The van der Waals surface area contributed by atoms with Crippen molar-refractivity contribution in [2.24, 2.45) is 5.92 Å². The summed E-state index contributed by atoms with van der Waals surface area (Å²) in [5, 5.41) is 8.66. The Morgan fingerprint density at radius 2 is 2.33 bits per heavy atom. The lowest BCUT2D eigenvalue weighted by Gasteiger charge is -2.00. The van der Waals surface area contributed by atoms with Crippen molar-refractivity contribution in [2.45, 2.75) is 18.8 Å². The van der Waals surface area contributed by atoms with Gasteiger partial charge in [-0.25, -0.2) is 18.7 Å². The average Bonchev–Trinajstić information content (AvgIpc) is 2.97. The lowest BCUT2D eigenvalue weighted by Crippen LogP contribution is -2.03. The van der Waals surface area contributed by atoms with Crippen LogP contribution in [0.4, 0.5) is 8.78 Å². The maximum Gasteiger partial charge on any atom is 0.307 e. The van der Waals surface area contributed by atoms with Gasteiger partial charge in [-0.2, -0.15) is 0 Å². The normalized spacial score (nSPS) is 24.2.